The monoisotopic (exact) mass is 498 g/mol. The molecule has 3 aromatic carbocycles. The number of alkyl halides is 3. The average molecular weight is 499 g/mol. The molecule has 3 rings (SSSR count). The number of carbonyl (C=O) groups excluding carboxylic acids is 1. The maximum Gasteiger partial charge on any atom is 0.418 e. The minimum atomic E-state index is -4.71. The molecular weight excluding hydrogens is 481 g/mol. The number of sulfonamides is 1. The molecule has 2 N–H and O–H groups in total. The van der Waals surface area contributed by atoms with Gasteiger partial charge >= 0.3 is 6.18 Å². The summed E-state index contributed by atoms with van der Waals surface area (Å²) in [4.78, 5) is 12.0. The zero-order valence-corrected chi connectivity index (χ0v) is 18.7. The molecule has 0 aromatic heterocycles. The van der Waals surface area contributed by atoms with Crippen molar-refractivity contribution < 1.29 is 31.1 Å². The molecule has 0 saturated heterocycles. The van der Waals surface area contributed by atoms with Crippen molar-refractivity contribution in [1.29, 1.82) is 0 Å². The van der Waals surface area contributed by atoms with Gasteiger partial charge in [-0.3, -0.25) is 9.52 Å². The molecule has 1 amide bonds. The lowest BCUT2D eigenvalue weighted by Gasteiger charge is -2.14. The van der Waals surface area contributed by atoms with Crippen molar-refractivity contribution >= 4 is 38.9 Å². The molecule has 0 radical (unpaired) electrons. The van der Waals surface area contributed by atoms with Crippen molar-refractivity contribution in [3.05, 3.63) is 82.9 Å². The molecule has 0 unspecified atom stereocenters. The SMILES string of the molecule is Cc1ccccc1NS(=O)(=O)c1ccc(OCC(=O)Nc2ccc(Cl)cc2C(F)(F)F)cc1. The molecule has 11 heteroatoms. The first-order valence-corrected chi connectivity index (χ1v) is 11.3. The zero-order valence-electron chi connectivity index (χ0n) is 17.1. The molecule has 3 aromatic rings. The molecule has 0 aliphatic carbocycles. The molecule has 6 nitrogen and oxygen atoms in total. The molecule has 0 saturated carbocycles. The molecule has 174 valence electrons. The lowest BCUT2D eigenvalue weighted by atomic mass is 10.1. The Balaban J connectivity index is 1.63. The topological polar surface area (TPSA) is 84.5 Å². The van der Waals surface area contributed by atoms with E-state index in [0.717, 1.165) is 11.6 Å². The molecule has 0 aliphatic heterocycles. The summed E-state index contributed by atoms with van der Waals surface area (Å²) >= 11 is 5.61. The van der Waals surface area contributed by atoms with E-state index in [0.29, 0.717) is 11.8 Å². The molecular formula is C22H18ClF3N2O4S. The van der Waals surface area contributed by atoms with Crippen LogP contribution in [0, 0.1) is 6.92 Å². The van der Waals surface area contributed by atoms with E-state index in [-0.39, 0.29) is 15.7 Å². The Bertz CT molecular complexity index is 1260. The summed E-state index contributed by atoms with van der Waals surface area (Å²) in [5.74, 6) is -0.673. The number of hydrogen-bond acceptors (Lipinski definition) is 4. The predicted octanol–water partition coefficient (Wildman–Crippen LogP) is 5.49. The van der Waals surface area contributed by atoms with Crippen molar-refractivity contribution in [3.8, 4) is 5.75 Å². The van der Waals surface area contributed by atoms with Crippen molar-refractivity contribution in [3.63, 3.8) is 0 Å². The highest BCUT2D eigenvalue weighted by Crippen LogP contribution is 2.36. The molecule has 0 spiro atoms. The normalized spacial score (nSPS) is 11.7. The van der Waals surface area contributed by atoms with E-state index in [9.17, 15) is 26.4 Å². The number of carbonyl (C=O) groups is 1. The fourth-order valence-corrected chi connectivity index (χ4v) is 4.10. The lowest BCUT2D eigenvalue weighted by Crippen LogP contribution is -2.22. The van der Waals surface area contributed by atoms with Gasteiger partial charge in [0, 0.05) is 5.02 Å². The summed E-state index contributed by atoms with van der Waals surface area (Å²) in [6, 6.07) is 15.1. The number of halogens is 4. The van der Waals surface area contributed by atoms with Crippen LogP contribution in [-0.4, -0.2) is 20.9 Å². The van der Waals surface area contributed by atoms with E-state index in [2.05, 4.69) is 10.0 Å². The van der Waals surface area contributed by atoms with Gasteiger partial charge in [-0.05, 0) is 61.0 Å². The highest BCUT2D eigenvalue weighted by atomic mass is 35.5. The van der Waals surface area contributed by atoms with Gasteiger partial charge in [0.1, 0.15) is 5.75 Å². The average Bonchev–Trinajstić information content (AvgIpc) is 2.74. The van der Waals surface area contributed by atoms with Crippen LogP contribution < -0.4 is 14.8 Å². The number of nitrogens with one attached hydrogen (secondary N) is 2. The zero-order chi connectivity index (χ0) is 24.2. The Labute approximate surface area is 193 Å². The number of rotatable bonds is 7. The summed E-state index contributed by atoms with van der Waals surface area (Å²) < 4.78 is 72.2. The quantitative estimate of drug-likeness (QED) is 0.451. The second-order valence-electron chi connectivity index (χ2n) is 6.92. The summed E-state index contributed by atoms with van der Waals surface area (Å²) in [6.07, 6.45) is -4.71. The van der Waals surface area contributed by atoms with Gasteiger partial charge in [0.15, 0.2) is 6.61 Å². The Morgan fingerprint density at radius 2 is 1.67 bits per heavy atom. The van der Waals surface area contributed by atoms with Crippen LogP contribution in [0.2, 0.25) is 5.02 Å². The van der Waals surface area contributed by atoms with E-state index < -0.39 is 40.0 Å². The molecule has 0 bridgehead atoms. The van der Waals surface area contributed by atoms with E-state index in [4.69, 9.17) is 16.3 Å². The maximum absolute atomic E-state index is 13.1. The highest BCUT2D eigenvalue weighted by Gasteiger charge is 2.34. The molecule has 0 atom stereocenters. The second kappa shape index (κ2) is 9.72. The van der Waals surface area contributed by atoms with Gasteiger partial charge in [0.05, 0.1) is 21.8 Å². The van der Waals surface area contributed by atoms with Gasteiger partial charge in [0.25, 0.3) is 15.9 Å². The third-order valence-electron chi connectivity index (χ3n) is 4.45. The van der Waals surface area contributed by atoms with Crippen molar-refractivity contribution in [2.75, 3.05) is 16.6 Å². The molecule has 33 heavy (non-hydrogen) atoms. The van der Waals surface area contributed by atoms with Gasteiger partial charge in [-0.25, -0.2) is 8.42 Å². The van der Waals surface area contributed by atoms with Gasteiger partial charge < -0.3 is 10.1 Å². The van der Waals surface area contributed by atoms with E-state index in [1.807, 2.05) is 0 Å². The number of anilines is 2. The third-order valence-corrected chi connectivity index (χ3v) is 6.07. The van der Waals surface area contributed by atoms with Gasteiger partial charge in [-0.1, -0.05) is 29.8 Å². The van der Waals surface area contributed by atoms with Crippen molar-refractivity contribution in [2.24, 2.45) is 0 Å². The van der Waals surface area contributed by atoms with Crippen LogP contribution in [0.4, 0.5) is 24.5 Å². The van der Waals surface area contributed by atoms with Crippen LogP contribution in [0.3, 0.4) is 0 Å². The van der Waals surface area contributed by atoms with E-state index in [1.54, 1.807) is 31.2 Å². The van der Waals surface area contributed by atoms with Crippen LogP contribution in [0.1, 0.15) is 11.1 Å². The summed E-state index contributed by atoms with van der Waals surface area (Å²) in [7, 11) is -3.85. The standard InChI is InChI=1S/C22H18ClF3N2O4S/c1-14-4-2-3-5-19(14)28-33(30,31)17-9-7-16(8-10-17)32-13-21(29)27-20-11-6-15(23)12-18(20)22(24,25)26/h2-12,28H,13H2,1H3,(H,27,29). The van der Waals surface area contributed by atoms with Crippen molar-refractivity contribution in [1.82, 2.24) is 0 Å². The summed E-state index contributed by atoms with van der Waals surface area (Å²) in [6.45, 7) is 1.18. The third kappa shape index (κ3) is 6.39. The number of aryl methyl sites for hydroxylation is 1. The van der Waals surface area contributed by atoms with E-state index in [1.165, 1.54) is 30.3 Å². The van der Waals surface area contributed by atoms with Gasteiger partial charge in [-0.15, -0.1) is 0 Å². The van der Waals surface area contributed by atoms with Gasteiger partial charge in [-0.2, -0.15) is 13.2 Å². The highest BCUT2D eigenvalue weighted by molar-refractivity contribution is 7.92. The van der Waals surface area contributed by atoms with Crippen LogP contribution >= 0.6 is 11.6 Å². The first kappa shape index (κ1) is 24.4. The fourth-order valence-electron chi connectivity index (χ4n) is 2.80. The van der Waals surface area contributed by atoms with Crippen LogP contribution in [0.5, 0.6) is 5.75 Å². The predicted molar refractivity (Wildman–Crippen MR) is 119 cm³/mol. The molecule has 0 fully saturated rings. The maximum atomic E-state index is 13.1. The first-order valence-electron chi connectivity index (χ1n) is 9.43. The fraction of sp³-hybridized carbons (Fsp3) is 0.136. The Hall–Kier alpha value is -3.24. The molecule has 0 aliphatic rings. The summed E-state index contributed by atoms with van der Waals surface area (Å²) in [5.41, 5.74) is -0.348. The van der Waals surface area contributed by atoms with E-state index >= 15 is 0 Å². The number of ether oxygens (including phenoxy) is 1. The number of para-hydroxylation sites is 1. The second-order valence-corrected chi connectivity index (χ2v) is 9.04. The largest absolute Gasteiger partial charge is 0.484 e. The number of hydrogen-bond donors (Lipinski definition) is 2. The molecule has 0 heterocycles. The minimum Gasteiger partial charge on any atom is -0.484 e. The Kier molecular flexibility index (Phi) is 7.19. The minimum absolute atomic E-state index is 0.0291. The van der Waals surface area contributed by atoms with Crippen molar-refractivity contribution in [2.45, 2.75) is 18.0 Å². The smallest absolute Gasteiger partial charge is 0.418 e. The van der Waals surface area contributed by atoms with Gasteiger partial charge in [0.2, 0.25) is 0 Å². The summed E-state index contributed by atoms with van der Waals surface area (Å²) in [5, 5.41) is 2.01. The van der Waals surface area contributed by atoms with Crippen LogP contribution in [-0.2, 0) is 21.0 Å². The number of benzene rings is 3. The van der Waals surface area contributed by atoms with Crippen LogP contribution in [0.15, 0.2) is 71.6 Å². The number of amides is 1. The first-order chi connectivity index (χ1) is 15.5. The Morgan fingerprint density at radius 3 is 2.30 bits per heavy atom. The lowest BCUT2D eigenvalue weighted by molar-refractivity contribution is -0.137. The Morgan fingerprint density at radius 1 is 1.00 bits per heavy atom. The van der Waals surface area contributed by atoms with Crippen LogP contribution in [0.25, 0.3) is 0 Å².